The van der Waals surface area contributed by atoms with Crippen LogP contribution in [-0.2, 0) is 0 Å². The first kappa shape index (κ1) is 13.9. The van der Waals surface area contributed by atoms with Crippen LogP contribution >= 0.6 is 0 Å². The second kappa shape index (κ2) is 6.60. The molecule has 0 amide bonds. The van der Waals surface area contributed by atoms with Gasteiger partial charge in [0, 0.05) is 6.20 Å². The summed E-state index contributed by atoms with van der Waals surface area (Å²) in [6, 6.07) is 6.51. The standard InChI is InChI=1S/C14H12F2N2O2/c1-19-12-5-3-10(8-13(12)20-14(15)16)2-4-11-6-7-17-9-18-11/h2-9,14H,1H3/b4-2+. The van der Waals surface area contributed by atoms with Gasteiger partial charge in [-0.3, -0.25) is 0 Å². The van der Waals surface area contributed by atoms with Crippen LogP contribution in [0.15, 0.2) is 36.8 Å². The van der Waals surface area contributed by atoms with E-state index >= 15 is 0 Å². The van der Waals surface area contributed by atoms with E-state index < -0.39 is 6.61 Å². The van der Waals surface area contributed by atoms with Gasteiger partial charge in [0.25, 0.3) is 0 Å². The normalized spacial score (nSPS) is 11.0. The minimum Gasteiger partial charge on any atom is -0.493 e. The van der Waals surface area contributed by atoms with Crippen molar-refractivity contribution in [1.29, 1.82) is 0 Å². The van der Waals surface area contributed by atoms with E-state index in [1.807, 2.05) is 0 Å². The highest BCUT2D eigenvalue weighted by atomic mass is 19.3. The first-order valence-corrected chi connectivity index (χ1v) is 5.76. The Bertz CT molecular complexity index is 589. The predicted molar refractivity (Wildman–Crippen MR) is 70.6 cm³/mol. The fourth-order valence-electron chi connectivity index (χ4n) is 1.57. The van der Waals surface area contributed by atoms with Gasteiger partial charge >= 0.3 is 6.61 Å². The smallest absolute Gasteiger partial charge is 0.387 e. The van der Waals surface area contributed by atoms with Gasteiger partial charge in [-0.05, 0) is 29.8 Å². The summed E-state index contributed by atoms with van der Waals surface area (Å²) in [6.07, 6.45) is 6.53. The summed E-state index contributed by atoms with van der Waals surface area (Å²) < 4.78 is 34.0. The lowest BCUT2D eigenvalue weighted by molar-refractivity contribution is -0.0512. The predicted octanol–water partition coefficient (Wildman–Crippen LogP) is 3.26. The number of rotatable bonds is 5. The number of hydrogen-bond acceptors (Lipinski definition) is 4. The van der Waals surface area contributed by atoms with E-state index in [0.717, 1.165) is 0 Å². The average molecular weight is 278 g/mol. The van der Waals surface area contributed by atoms with Crippen molar-refractivity contribution in [3.05, 3.63) is 48.0 Å². The number of alkyl halides is 2. The van der Waals surface area contributed by atoms with Crippen molar-refractivity contribution < 1.29 is 18.3 Å². The van der Waals surface area contributed by atoms with Gasteiger partial charge < -0.3 is 9.47 Å². The first-order valence-electron chi connectivity index (χ1n) is 5.76. The van der Waals surface area contributed by atoms with E-state index in [4.69, 9.17) is 4.74 Å². The number of nitrogens with zero attached hydrogens (tertiary/aromatic N) is 2. The third-order valence-electron chi connectivity index (χ3n) is 2.46. The molecule has 1 aromatic carbocycles. The lowest BCUT2D eigenvalue weighted by Crippen LogP contribution is -2.03. The van der Waals surface area contributed by atoms with Crippen LogP contribution in [0.25, 0.3) is 12.2 Å². The van der Waals surface area contributed by atoms with Crippen molar-refractivity contribution in [2.45, 2.75) is 6.61 Å². The Labute approximate surface area is 114 Å². The van der Waals surface area contributed by atoms with Gasteiger partial charge in [-0.15, -0.1) is 0 Å². The van der Waals surface area contributed by atoms with E-state index in [0.29, 0.717) is 11.3 Å². The molecule has 0 bridgehead atoms. The zero-order chi connectivity index (χ0) is 14.4. The Kier molecular flexibility index (Phi) is 4.60. The second-order valence-corrected chi connectivity index (χ2v) is 3.76. The summed E-state index contributed by atoms with van der Waals surface area (Å²) in [6.45, 7) is -2.90. The zero-order valence-electron chi connectivity index (χ0n) is 10.7. The molecular weight excluding hydrogens is 266 g/mol. The van der Waals surface area contributed by atoms with Crippen LogP contribution in [0, 0.1) is 0 Å². The van der Waals surface area contributed by atoms with Gasteiger partial charge in [0.05, 0.1) is 12.8 Å². The van der Waals surface area contributed by atoms with Crippen LogP contribution in [-0.4, -0.2) is 23.7 Å². The van der Waals surface area contributed by atoms with Crippen molar-refractivity contribution in [2.75, 3.05) is 7.11 Å². The summed E-state index contributed by atoms with van der Waals surface area (Å²) in [5.41, 5.74) is 1.41. The van der Waals surface area contributed by atoms with Crippen LogP contribution in [0.5, 0.6) is 11.5 Å². The summed E-state index contributed by atoms with van der Waals surface area (Å²) >= 11 is 0. The molecule has 0 saturated heterocycles. The van der Waals surface area contributed by atoms with Gasteiger partial charge in [0.15, 0.2) is 11.5 Å². The number of ether oxygens (including phenoxy) is 2. The Balaban J connectivity index is 2.22. The summed E-state index contributed by atoms with van der Waals surface area (Å²) in [5, 5.41) is 0. The fraction of sp³-hybridized carbons (Fsp3) is 0.143. The molecule has 4 nitrogen and oxygen atoms in total. The minimum absolute atomic E-state index is 0.00709. The Morgan fingerprint density at radius 3 is 2.65 bits per heavy atom. The maximum Gasteiger partial charge on any atom is 0.387 e. The highest BCUT2D eigenvalue weighted by Gasteiger charge is 2.10. The largest absolute Gasteiger partial charge is 0.493 e. The van der Waals surface area contributed by atoms with Crippen LogP contribution in [0.3, 0.4) is 0 Å². The van der Waals surface area contributed by atoms with E-state index in [1.165, 1.54) is 19.5 Å². The quantitative estimate of drug-likeness (QED) is 0.842. The van der Waals surface area contributed by atoms with E-state index in [9.17, 15) is 8.78 Å². The second-order valence-electron chi connectivity index (χ2n) is 3.76. The number of halogens is 2. The molecular formula is C14H12F2N2O2. The van der Waals surface area contributed by atoms with E-state index in [-0.39, 0.29) is 11.5 Å². The highest BCUT2D eigenvalue weighted by Crippen LogP contribution is 2.30. The SMILES string of the molecule is COc1ccc(/C=C/c2ccncn2)cc1OC(F)F. The lowest BCUT2D eigenvalue weighted by atomic mass is 10.1. The number of aromatic nitrogens is 2. The zero-order valence-corrected chi connectivity index (χ0v) is 10.7. The third-order valence-corrected chi connectivity index (χ3v) is 2.46. The maximum absolute atomic E-state index is 12.3. The van der Waals surface area contributed by atoms with Crippen LogP contribution in [0.1, 0.15) is 11.3 Å². The molecule has 0 unspecified atom stereocenters. The van der Waals surface area contributed by atoms with Crippen LogP contribution in [0.4, 0.5) is 8.78 Å². The topological polar surface area (TPSA) is 44.2 Å². The van der Waals surface area contributed by atoms with E-state index in [1.54, 1.807) is 36.5 Å². The monoisotopic (exact) mass is 278 g/mol. The maximum atomic E-state index is 12.3. The summed E-state index contributed by atoms with van der Waals surface area (Å²) in [7, 11) is 1.39. The van der Waals surface area contributed by atoms with Crippen molar-refractivity contribution in [3.63, 3.8) is 0 Å². The Hall–Kier alpha value is -2.50. The van der Waals surface area contributed by atoms with Gasteiger partial charge in [0.1, 0.15) is 6.33 Å². The molecule has 0 spiro atoms. The molecule has 0 aliphatic carbocycles. The van der Waals surface area contributed by atoms with Crippen molar-refractivity contribution in [2.24, 2.45) is 0 Å². The summed E-state index contributed by atoms with van der Waals surface area (Å²) in [4.78, 5) is 7.83. The molecule has 0 saturated carbocycles. The van der Waals surface area contributed by atoms with Crippen molar-refractivity contribution in [1.82, 2.24) is 9.97 Å². The van der Waals surface area contributed by atoms with Gasteiger partial charge in [-0.1, -0.05) is 12.1 Å². The molecule has 2 aromatic rings. The molecule has 0 aliphatic heterocycles. The molecule has 0 aliphatic rings. The van der Waals surface area contributed by atoms with Gasteiger partial charge in [-0.25, -0.2) is 9.97 Å². The molecule has 2 rings (SSSR count). The van der Waals surface area contributed by atoms with Crippen molar-refractivity contribution in [3.8, 4) is 11.5 Å². The first-order chi connectivity index (χ1) is 9.69. The molecule has 0 fully saturated rings. The molecule has 104 valence electrons. The fourth-order valence-corrected chi connectivity index (χ4v) is 1.57. The number of methoxy groups -OCH3 is 1. The average Bonchev–Trinajstić information content (AvgIpc) is 2.46. The molecule has 20 heavy (non-hydrogen) atoms. The molecule has 1 aromatic heterocycles. The third kappa shape index (κ3) is 3.74. The Morgan fingerprint density at radius 1 is 1.15 bits per heavy atom. The van der Waals surface area contributed by atoms with Crippen molar-refractivity contribution >= 4 is 12.2 Å². The Morgan fingerprint density at radius 2 is 2.00 bits per heavy atom. The molecule has 0 radical (unpaired) electrons. The highest BCUT2D eigenvalue weighted by molar-refractivity contribution is 5.69. The molecule has 1 heterocycles. The van der Waals surface area contributed by atoms with Gasteiger partial charge in [0.2, 0.25) is 0 Å². The van der Waals surface area contributed by atoms with Gasteiger partial charge in [-0.2, -0.15) is 8.78 Å². The molecule has 0 atom stereocenters. The lowest BCUT2D eigenvalue weighted by Gasteiger charge is -2.10. The number of benzene rings is 1. The minimum atomic E-state index is -2.90. The molecule has 6 heteroatoms. The number of hydrogen-bond donors (Lipinski definition) is 0. The van der Waals surface area contributed by atoms with E-state index in [2.05, 4.69) is 14.7 Å². The summed E-state index contributed by atoms with van der Waals surface area (Å²) in [5.74, 6) is 0.247. The van der Waals surface area contributed by atoms with Crippen LogP contribution in [0.2, 0.25) is 0 Å². The molecule has 0 N–H and O–H groups in total. The van der Waals surface area contributed by atoms with Crippen LogP contribution < -0.4 is 9.47 Å².